The van der Waals surface area contributed by atoms with E-state index in [1.807, 2.05) is 0 Å². The van der Waals surface area contributed by atoms with Crippen molar-refractivity contribution in [2.45, 2.75) is 26.7 Å². The average molecular weight is 365 g/mol. The minimum absolute atomic E-state index is 0.0815. The number of hydrogen-bond donors (Lipinski definition) is 2. The number of ketones is 1. The molecule has 2 rings (SSSR count). The molecule has 2 aromatic rings. The van der Waals surface area contributed by atoms with Crippen LogP contribution in [0.4, 0.5) is 11.4 Å². The normalized spacial score (nSPS) is 10.3. The molecular weight excluding hydrogens is 348 g/mol. The maximum Gasteiger partial charge on any atom is 0.224 e. The van der Waals surface area contributed by atoms with Crippen molar-refractivity contribution >= 4 is 51.9 Å². The standard InChI is InChI=1S/C17H17ClN2O3S/c1-10-12(19-11(2)21)4-3-5-13(10)20-17(23)9-6-14(22)15-7-8-16(18)24-15/h3-5,7-8H,6,9H2,1-2H3,(H,19,21)(H,20,23). The average Bonchev–Trinajstić information content (AvgIpc) is 2.95. The van der Waals surface area contributed by atoms with E-state index in [0.717, 1.165) is 5.56 Å². The summed E-state index contributed by atoms with van der Waals surface area (Å²) in [6.07, 6.45) is 0.200. The van der Waals surface area contributed by atoms with E-state index in [0.29, 0.717) is 20.6 Å². The Morgan fingerprint density at radius 1 is 1.04 bits per heavy atom. The van der Waals surface area contributed by atoms with Crippen LogP contribution in [0.1, 0.15) is 35.0 Å². The van der Waals surface area contributed by atoms with Gasteiger partial charge in [-0.15, -0.1) is 11.3 Å². The maximum atomic E-state index is 12.1. The number of nitrogens with one attached hydrogen (secondary N) is 2. The predicted molar refractivity (Wildman–Crippen MR) is 97.0 cm³/mol. The summed E-state index contributed by atoms with van der Waals surface area (Å²) < 4.78 is 0.549. The molecule has 0 spiro atoms. The van der Waals surface area contributed by atoms with Gasteiger partial charge in [-0.05, 0) is 36.8 Å². The number of rotatable bonds is 6. The van der Waals surface area contributed by atoms with Gasteiger partial charge in [-0.25, -0.2) is 0 Å². The first-order chi connectivity index (χ1) is 11.4. The lowest BCUT2D eigenvalue weighted by atomic mass is 10.1. The molecule has 0 aliphatic heterocycles. The maximum absolute atomic E-state index is 12.1. The first-order valence-electron chi connectivity index (χ1n) is 7.32. The first-order valence-corrected chi connectivity index (χ1v) is 8.52. The highest BCUT2D eigenvalue weighted by Crippen LogP contribution is 2.25. The molecule has 2 amide bonds. The van der Waals surface area contributed by atoms with Crippen molar-refractivity contribution in [1.29, 1.82) is 0 Å². The predicted octanol–water partition coefficient (Wildman–Crippen LogP) is 4.27. The van der Waals surface area contributed by atoms with Crippen LogP contribution < -0.4 is 10.6 Å². The summed E-state index contributed by atoms with van der Waals surface area (Å²) in [5, 5.41) is 5.48. The molecule has 0 saturated carbocycles. The van der Waals surface area contributed by atoms with Gasteiger partial charge in [-0.2, -0.15) is 0 Å². The van der Waals surface area contributed by atoms with Crippen molar-refractivity contribution < 1.29 is 14.4 Å². The number of carbonyl (C=O) groups excluding carboxylic acids is 3. The molecule has 0 fully saturated rings. The molecule has 0 atom stereocenters. The molecule has 0 aliphatic rings. The topological polar surface area (TPSA) is 75.3 Å². The molecule has 1 heterocycles. The second kappa shape index (κ2) is 8.08. The van der Waals surface area contributed by atoms with Crippen molar-refractivity contribution in [3.05, 3.63) is 45.1 Å². The zero-order chi connectivity index (χ0) is 17.7. The van der Waals surface area contributed by atoms with Gasteiger partial charge in [-0.1, -0.05) is 17.7 Å². The van der Waals surface area contributed by atoms with Crippen LogP contribution in [0.2, 0.25) is 4.34 Å². The molecule has 0 radical (unpaired) electrons. The van der Waals surface area contributed by atoms with Gasteiger partial charge >= 0.3 is 0 Å². The van der Waals surface area contributed by atoms with Crippen LogP contribution in [0.25, 0.3) is 0 Å². The Morgan fingerprint density at radius 3 is 2.29 bits per heavy atom. The molecular formula is C17H17ClN2O3S. The fourth-order valence-electron chi connectivity index (χ4n) is 2.12. The van der Waals surface area contributed by atoms with E-state index < -0.39 is 0 Å². The first kappa shape index (κ1) is 18.2. The lowest BCUT2D eigenvalue weighted by Gasteiger charge is -2.12. The number of benzene rings is 1. The molecule has 0 unspecified atom stereocenters. The molecule has 1 aromatic carbocycles. The molecule has 7 heteroatoms. The third kappa shape index (κ3) is 4.91. The summed E-state index contributed by atoms with van der Waals surface area (Å²) in [7, 11) is 0. The molecule has 2 N–H and O–H groups in total. The monoisotopic (exact) mass is 364 g/mol. The Kier molecular flexibility index (Phi) is 6.11. The van der Waals surface area contributed by atoms with Gasteiger partial charge in [-0.3, -0.25) is 14.4 Å². The summed E-state index contributed by atoms with van der Waals surface area (Å²) in [4.78, 5) is 35.8. The van der Waals surface area contributed by atoms with Crippen molar-refractivity contribution in [2.75, 3.05) is 10.6 Å². The van der Waals surface area contributed by atoms with Crippen molar-refractivity contribution in [1.82, 2.24) is 0 Å². The Labute approximate surface area is 149 Å². The van der Waals surface area contributed by atoms with Crippen LogP contribution in [-0.2, 0) is 9.59 Å². The van der Waals surface area contributed by atoms with Crippen LogP contribution in [0, 0.1) is 6.92 Å². The Bertz CT molecular complexity index is 786. The van der Waals surface area contributed by atoms with E-state index in [9.17, 15) is 14.4 Å². The van der Waals surface area contributed by atoms with Gasteiger partial charge in [0.05, 0.1) is 9.21 Å². The Morgan fingerprint density at radius 2 is 1.71 bits per heavy atom. The van der Waals surface area contributed by atoms with Gasteiger partial charge in [0, 0.05) is 31.1 Å². The summed E-state index contributed by atoms with van der Waals surface area (Å²) >= 11 is 7.01. The lowest BCUT2D eigenvalue weighted by molar-refractivity contribution is -0.116. The molecule has 1 aromatic heterocycles. The van der Waals surface area contributed by atoms with Crippen LogP contribution in [-0.4, -0.2) is 17.6 Å². The second-order valence-electron chi connectivity index (χ2n) is 5.23. The third-order valence-electron chi connectivity index (χ3n) is 3.35. The van der Waals surface area contributed by atoms with Gasteiger partial charge < -0.3 is 10.6 Å². The Balaban J connectivity index is 1.95. The number of Topliss-reactive ketones (excluding diaryl/α,β-unsaturated/α-hetero) is 1. The number of carbonyl (C=O) groups is 3. The number of hydrogen-bond acceptors (Lipinski definition) is 4. The fraction of sp³-hybridized carbons (Fsp3) is 0.235. The van der Waals surface area contributed by atoms with Gasteiger partial charge in [0.2, 0.25) is 11.8 Å². The summed E-state index contributed by atoms with van der Waals surface area (Å²) in [5.74, 6) is -0.540. The number of halogens is 1. The van der Waals surface area contributed by atoms with Crippen LogP contribution in [0.3, 0.4) is 0 Å². The zero-order valence-electron chi connectivity index (χ0n) is 13.3. The quantitative estimate of drug-likeness (QED) is 0.751. The summed E-state index contributed by atoms with van der Waals surface area (Å²) in [6, 6.07) is 8.58. The highest BCUT2D eigenvalue weighted by molar-refractivity contribution is 7.18. The molecule has 0 aliphatic carbocycles. The SMILES string of the molecule is CC(=O)Nc1cccc(NC(=O)CCC(=O)c2ccc(Cl)s2)c1C. The van der Waals surface area contributed by atoms with Gasteiger partial charge in [0.15, 0.2) is 5.78 Å². The fourth-order valence-corrected chi connectivity index (χ4v) is 3.13. The van der Waals surface area contributed by atoms with Crippen molar-refractivity contribution in [3.8, 4) is 0 Å². The van der Waals surface area contributed by atoms with E-state index in [-0.39, 0.29) is 30.4 Å². The minimum Gasteiger partial charge on any atom is -0.326 e. The largest absolute Gasteiger partial charge is 0.326 e. The zero-order valence-corrected chi connectivity index (χ0v) is 14.9. The van der Waals surface area contributed by atoms with Crippen LogP contribution >= 0.6 is 22.9 Å². The highest BCUT2D eigenvalue weighted by Gasteiger charge is 2.13. The van der Waals surface area contributed by atoms with E-state index in [4.69, 9.17) is 11.6 Å². The van der Waals surface area contributed by atoms with Crippen molar-refractivity contribution in [2.24, 2.45) is 0 Å². The minimum atomic E-state index is -0.255. The highest BCUT2D eigenvalue weighted by atomic mass is 35.5. The van der Waals surface area contributed by atoms with Crippen LogP contribution in [0.5, 0.6) is 0 Å². The lowest BCUT2D eigenvalue weighted by Crippen LogP contribution is -2.15. The number of thiophene rings is 1. The van der Waals surface area contributed by atoms with Crippen molar-refractivity contribution in [3.63, 3.8) is 0 Å². The van der Waals surface area contributed by atoms with E-state index in [1.165, 1.54) is 18.3 Å². The third-order valence-corrected chi connectivity index (χ3v) is 4.62. The van der Waals surface area contributed by atoms with Gasteiger partial charge in [0.1, 0.15) is 0 Å². The number of amides is 2. The smallest absolute Gasteiger partial charge is 0.224 e. The van der Waals surface area contributed by atoms with E-state index in [2.05, 4.69) is 10.6 Å². The Hall–Kier alpha value is -2.18. The summed E-state index contributed by atoms with van der Waals surface area (Å²) in [6.45, 7) is 3.23. The molecule has 5 nitrogen and oxygen atoms in total. The van der Waals surface area contributed by atoms with Gasteiger partial charge in [0.25, 0.3) is 0 Å². The van der Waals surface area contributed by atoms with E-state index in [1.54, 1.807) is 37.3 Å². The molecule has 126 valence electrons. The molecule has 0 saturated heterocycles. The van der Waals surface area contributed by atoms with Crippen LogP contribution in [0.15, 0.2) is 30.3 Å². The second-order valence-corrected chi connectivity index (χ2v) is 6.95. The molecule has 0 bridgehead atoms. The number of anilines is 2. The van der Waals surface area contributed by atoms with E-state index >= 15 is 0 Å². The molecule has 24 heavy (non-hydrogen) atoms. The summed E-state index contributed by atoms with van der Waals surface area (Å²) in [5.41, 5.74) is 2.01.